The van der Waals surface area contributed by atoms with Gasteiger partial charge in [0, 0.05) is 31.6 Å². The molecule has 31 heavy (non-hydrogen) atoms. The van der Waals surface area contributed by atoms with Crippen LogP contribution in [0.15, 0.2) is 34.4 Å². The standard InChI is InChI=1S/C21H29N3O6S/c1-30-21(27)16-14-24(11-12-25)20(26)19(16)22-15-7-8-18(31(2,28)29)17(13-15)23-9-5-3-4-6-10-23/h7-8,13,22,25H,3-6,9-12,14H2,1-2H3. The fourth-order valence-corrected chi connectivity index (χ4v) is 4.84. The van der Waals surface area contributed by atoms with Gasteiger partial charge in [0.15, 0.2) is 9.84 Å². The Balaban J connectivity index is 1.99. The van der Waals surface area contributed by atoms with Gasteiger partial charge in [-0.05, 0) is 31.0 Å². The van der Waals surface area contributed by atoms with Crippen LogP contribution in [0.5, 0.6) is 0 Å². The average Bonchev–Trinajstić information content (AvgIpc) is 2.92. The van der Waals surface area contributed by atoms with Crippen molar-refractivity contribution in [1.82, 2.24) is 4.90 Å². The van der Waals surface area contributed by atoms with Gasteiger partial charge < -0.3 is 25.0 Å². The molecule has 0 aliphatic carbocycles. The molecule has 0 unspecified atom stereocenters. The van der Waals surface area contributed by atoms with Gasteiger partial charge in [0.1, 0.15) is 5.70 Å². The molecule has 0 aromatic heterocycles. The van der Waals surface area contributed by atoms with Crippen molar-refractivity contribution < 1.29 is 27.9 Å². The summed E-state index contributed by atoms with van der Waals surface area (Å²) in [6, 6.07) is 4.83. The van der Waals surface area contributed by atoms with E-state index in [9.17, 15) is 23.1 Å². The zero-order chi connectivity index (χ0) is 22.6. The minimum Gasteiger partial charge on any atom is -0.466 e. The van der Waals surface area contributed by atoms with E-state index in [0.717, 1.165) is 38.8 Å². The second-order valence-electron chi connectivity index (χ2n) is 7.78. The predicted molar refractivity (Wildman–Crippen MR) is 117 cm³/mol. The van der Waals surface area contributed by atoms with Crippen molar-refractivity contribution in [3.8, 4) is 0 Å². The molecule has 9 nitrogen and oxygen atoms in total. The number of nitrogens with zero attached hydrogens (tertiary/aromatic N) is 2. The van der Waals surface area contributed by atoms with Crippen molar-refractivity contribution in [1.29, 1.82) is 0 Å². The minimum absolute atomic E-state index is 0.0365. The Morgan fingerprint density at radius 3 is 2.45 bits per heavy atom. The van der Waals surface area contributed by atoms with E-state index in [4.69, 9.17) is 4.74 Å². The molecule has 170 valence electrons. The first kappa shape index (κ1) is 23.1. The Bertz CT molecular complexity index is 981. The van der Waals surface area contributed by atoms with Crippen LogP contribution in [0.4, 0.5) is 11.4 Å². The lowest BCUT2D eigenvalue weighted by molar-refractivity contribution is -0.136. The van der Waals surface area contributed by atoms with Crippen LogP contribution in [-0.2, 0) is 24.2 Å². The van der Waals surface area contributed by atoms with Gasteiger partial charge in [-0.25, -0.2) is 13.2 Å². The highest BCUT2D eigenvalue weighted by Crippen LogP contribution is 2.32. The normalized spacial score (nSPS) is 17.7. The topological polar surface area (TPSA) is 116 Å². The molecule has 10 heteroatoms. The SMILES string of the molecule is COC(=O)C1=C(Nc2ccc(S(C)(=O)=O)c(N3CCCCCC3)c2)C(=O)N(CCO)C1. The molecular weight excluding hydrogens is 422 g/mol. The largest absolute Gasteiger partial charge is 0.466 e. The number of aliphatic hydroxyl groups excluding tert-OH is 1. The van der Waals surface area contributed by atoms with E-state index in [0.29, 0.717) is 11.4 Å². The number of hydrogen-bond donors (Lipinski definition) is 2. The number of aliphatic hydroxyl groups is 1. The van der Waals surface area contributed by atoms with Gasteiger partial charge in [-0.2, -0.15) is 0 Å². The number of carbonyl (C=O) groups excluding carboxylic acids is 2. The Morgan fingerprint density at radius 2 is 1.87 bits per heavy atom. The summed E-state index contributed by atoms with van der Waals surface area (Å²) in [5, 5.41) is 12.2. The second-order valence-corrected chi connectivity index (χ2v) is 9.76. The molecular formula is C21H29N3O6S. The smallest absolute Gasteiger partial charge is 0.337 e. The first-order valence-corrected chi connectivity index (χ1v) is 12.2. The summed E-state index contributed by atoms with van der Waals surface area (Å²) in [5.74, 6) is -1.05. The first-order chi connectivity index (χ1) is 14.8. The third-order valence-corrected chi connectivity index (χ3v) is 6.67. The highest BCUT2D eigenvalue weighted by Gasteiger charge is 2.34. The number of hydrogen-bond acceptors (Lipinski definition) is 8. The zero-order valence-corrected chi connectivity index (χ0v) is 18.7. The molecule has 3 rings (SSSR count). The van der Waals surface area contributed by atoms with Crippen LogP contribution in [0.25, 0.3) is 0 Å². The number of esters is 1. The molecule has 0 atom stereocenters. The van der Waals surface area contributed by atoms with Crippen molar-refractivity contribution >= 4 is 33.1 Å². The lowest BCUT2D eigenvalue weighted by atomic mass is 10.2. The van der Waals surface area contributed by atoms with Crippen molar-refractivity contribution in [3.63, 3.8) is 0 Å². The van der Waals surface area contributed by atoms with E-state index in [2.05, 4.69) is 10.2 Å². The fourth-order valence-electron chi connectivity index (χ4n) is 3.96. The number of rotatable bonds is 7. The number of ether oxygens (including phenoxy) is 1. The quantitative estimate of drug-likeness (QED) is 0.593. The summed E-state index contributed by atoms with van der Waals surface area (Å²) >= 11 is 0. The monoisotopic (exact) mass is 451 g/mol. The Morgan fingerprint density at radius 1 is 1.19 bits per heavy atom. The first-order valence-electron chi connectivity index (χ1n) is 10.3. The predicted octanol–water partition coefficient (Wildman–Crippen LogP) is 1.14. The fraction of sp³-hybridized carbons (Fsp3) is 0.524. The van der Waals surface area contributed by atoms with Crippen LogP contribution in [-0.4, -0.2) is 76.5 Å². The number of amides is 1. The summed E-state index contributed by atoms with van der Waals surface area (Å²) in [6.45, 7) is 1.41. The maximum atomic E-state index is 12.8. The Labute approximate surface area is 182 Å². The van der Waals surface area contributed by atoms with Crippen molar-refractivity contribution in [3.05, 3.63) is 29.5 Å². The molecule has 1 saturated heterocycles. The third-order valence-electron chi connectivity index (χ3n) is 5.53. The number of anilines is 2. The summed E-state index contributed by atoms with van der Waals surface area (Å²) in [6.07, 6.45) is 5.35. The van der Waals surface area contributed by atoms with Gasteiger partial charge in [-0.3, -0.25) is 4.79 Å². The number of nitrogens with one attached hydrogen (secondary N) is 1. The number of benzene rings is 1. The summed E-state index contributed by atoms with van der Waals surface area (Å²) in [5.41, 5.74) is 1.34. The Hall–Kier alpha value is -2.59. The third kappa shape index (κ3) is 5.19. The molecule has 0 spiro atoms. The van der Waals surface area contributed by atoms with E-state index in [-0.39, 0.29) is 35.9 Å². The van der Waals surface area contributed by atoms with Gasteiger partial charge in [-0.1, -0.05) is 12.8 Å². The molecule has 0 saturated carbocycles. The molecule has 1 amide bonds. The molecule has 0 radical (unpaired) electrons. The average molecular weight is 452 g/mol. The molecule has 2 heterocycles. The molecule has 2 N–H and O–H groups in total. The van der Waals surface area contributed by atoms with Crippen LogP contribution in [0, 0.1) is 0 Å². The molecule has 1 fully saturated rings. The summed E-state index contributed by atoms with van der Waals surface area (Å²) in [4.78, 5) is 28.6. The van der Waals surface area contributed by atoms with E-state index >= 15 is 0 Å². The van der Waals surface area contributed by atoms with Gasteiger partial charge >= 0.3 is 5.97 Å². The second kappa shape index (κ2) is 9.69. The molecule has 2 aliphatic rings. The number of carbonyl (C=O) groups is 2. The van der Waals surface area contributed by atoms with Crippen molar-refractivity contribution in [2.24, 2.45) is 0 Å². The highest BCUT2D eigenvalue weighted by atomic mass is 32.2. The van der Waals surface area contributed by atoms with E-state index in [1.165, 1.54) is 24.3 Å². The van der Waals surface area contributed by atoms with Gasteiger partial charge in [0.2, 0.25) is 0 Å². The van der Waals surface area contributed by atoms with E-state index < -0.39 is 21.7 Å². The van der Waals surface area contributed by atoms with Crippen LogP contribution >= 0.6 is 0 Å². The van der Waals surface area contributed by atoms with Crippen molar-refractivity contribution in [2.45, 2.75) is 30.6 Å². The lowest BCUT2D eigenvalue weighted by Crippen LogP contribution is -2.31. The Kier molecular flexibility index (Phi) is 7.22. The number of β-amino-alcohol motifs (C(OH)–C–C–N with tert-alkyl or cyclic N) is 1. The molecule has 1 aromatic carbocycles. The minimum atomic E-state index is -3.45. The maximum Gasteiger partial charge on any atom is 0.337 e. The van der Waals surface area contributed by atoms with Crippen molar-refractivity contribution in [2.75, 3.05) is 56.4 Å². The lowest BCUT2D eigenvalue weighted by Gasteiger charge is -2.26. The zero-order valence-electron chi connectivity index (χ0n) is 17.9. The van der Waals surface area contributed by atoms with Crippen LogP contribution in [0.2, 0.25) is 0 Å². The molecule has 0 bridgehead atoms. The van der Waals surface area contributed by atoms with Crippen LogP contribution in [0.3, 0.4) is 0 Å². The van der Waals surface area contributed by atoms with Gasteiger partial charge in [0.05, 0.1) is 36.4 Å². The van der Waals surface area contributed by atoms with E-state index in [1.54, 1.807) is 12.1 Å². The van der Waals surface area contributed by atoms with Gasteiger partial charge in [0.25, 0.3) is 5.91 Å². The molecule has 1 aromatic rings. The highest BCUT2D eigenvalue weighted by molar-refractivity contribution is 7.90. The van der Waals surface area contributed by atoms with Crippen LogP contribution < -0.4 is 10.2 Å². The van der Waals surface area contributed by atoms with Crippen LogP contribution in [0.1, 0.15) is 25.7 Å². The number of sulfone groups is 1. The van der Waals surface area contributed by atoms with Gasteiger partial charge in [-0.15, -0.1) is 0 Å². The molecule has 2 aliphatic heterocycles. The summed E-state index contributed by atoms with van der Waals surface area (Å²) < 4.78 is 29.6. The number of methoxy groups -OCH3 is 1. The maximum absolute atomic E-state index is 12.8. The van der Waals surface area contributed by atoms with E-state index in [1.807, 2.05) is 0 Å². The summed E-state index contributed by atoms with van der Waals surface area (Å²) in [7, 11) is -2.21.